The van der Waals surface area contributed by atoms with Gasteiger partial charge in [-0.25, -0.2) is 0 Å². The second-order valence-electron chi connectivity index (χ2n) is 3.92. The third kappa shape index (κ3) is 1.76. The van der Waals surface area contributed by atoms with Crippen LogP contribution in [0.1, 0.15) is 19.8 Å². The number of amides is 1. The molecule has 16 heavy (non-hydrogen) atoms. The topological polar surface area (TPSA) is 63.5 Å². The van der Waals surface area contributed by atoms with Gasteiger partial charge in [0, 0.05) is 30.3 Å². The summed E-state index contributed by atoms with van der Waals surface area (Å²) in [6.07, 6.45) is 1.40. The lowest BCUT2D eigenvalue weighted by molar-refractivity contribution is -0.384. The number of nitro benzene ring substituents is 1. The van der Waals surface area contributed by atoms with Crippen LogP contribution >= 0.6 is 0 Å². The highest BCUT2D eigenvalue weighted by molar-refractivity contribution is 5.96. The lowest BCUT2D eigenvalue weighted by Gasteiger charge is -2.21. The Morgan fingerprint density at radius 1 is 1.38 bits per heavy atom. The van der Waals surface area contributed by atoms with Gasteiger partial charge in [0.1, 0.15) is 0 Å². The molecule has 1 heterocycles. The molecule has 5 nitrogen and oxygen atoms in total. The Labute approximate surface area is 92.8 Å². The van der Waals surface area contributed by atoms with E-state index in [1.807, 2.05) is 6.92 Å². The van der Waals surface area contributed by atoms with Crippen LogP contribution in [0.15, 0.2) is 24.3 Å². The molecule has 2 rings (SSSR count). The fraction of sp³-hybridized carbons (Fsp3) is 0.364. The number of anilines is 1. The van der Waals surface area contributed by atoms with Crippen LogP contribution in [-0.4, -0.2) is 16.9 Å². The molecule has 0 saturated carbocycles. The number of benzene rings is 1. The van der Waals surface area contributed by atoms with E-state index in [0.717, 1.165) is 12.1 Å². The highest BCUT2D eigenvalue weighted by Crippen LogP contribution is 2.27. The number of nitrogens with zero attached hydrogens (tertiary/aromatic N) is 2. The number of hydrogen-bond donors (Lipinski definition) is 0. The fourth-order valence-electron chi connectivity index (χ4n) is 1.96. The van der Waals surface area contributed by atoms with Crippen molar-refractivity contribution in [2.24, 2.45) is 0 Å². The van der Waals surface area contributed by atoms with Crippen molar-refractivity contribution in [2.45, 2.75) is 25.8 Å². The van der Waals surface area contributed by atoms with Gasteiger partial charge in [-0.15, -0.1) is 0 Å². The lowest BCUT2D eigenvalue weighted by atomic mass is 10.2. The van der Waals surface area contributed by atoms with Crippen LogP contribution < -0.4 is 4.90 Å². The van der Waals surface area contributed by atoms with E-state index in [-0.39, 0.29) is 17.6 Å². The van der Waals surface area contributed by atoms with Crippen molar-refractivity contribution in [3.05, 3.63) is 34.4 Å². The first kappa shape index (κ1) is 10.6. The Kier molecular flexibility index (Phi) is 2.60. The van der Waals surface area contributed by atoms with E-state index in [0.29, 0.717) is 6.42 Å². The van der Waals surface area contributed by atoms with Gasteiger partial charge in [-0.2, -0.15) is 0 Å². The Morgan fingerprint density at radius 3 is 2.44 bits per heavy atom. The number of non-ortho nitro benzene ring substituents is 1. The van der Waals surface area contributed by atoms with Crippen molar-refractivity contribution in [2.75, 3.05) is 4.90 Å². The first-order valence-electron chi connectivity index (χ1n) is 5.16. The van der Waals surface area contributed by atoms with E-state index in [2.05, 4.69) is 0 Å². The predicted octanol–water partition coefficient (Wildman–Crippen LogP) is 2.11. The van der Waals surface area contributed by atoms with Crippen LogP contribution in [-0.2, 0) is 4.79 Å². The van der Waals surface area contributed by atoms with E-state index < -0.39 is 4.92 Å². The van der Waals surface area contributed by atoms with Crippen molar-refractivity contribution in [3.63, 3.8) is 0 Å². The number of nitro groups is 1. The maximum atomic E-state index is 11.6. The van der Waals surface area contributed by atoms with Gasteiger partial charge in [0.15, 0.2) is 0 Å². The molecule has 1 atom stereocenters. The average molecular weight is 220 g/mol. The van der Waals surface area contributed by atoms with Crippen LogP contribution in [0.5, 0.6) is 0 Å². The van der Waals surface area contributed by atoms with Crippen molar-refractivity contribution in [3.8, 4) is 0 Å². The van der Waals surface area contributed by atoms with Crippen molar-refractivity contribution < 1.29 is 9.72 Å². The van der Waals surface area contributed by atoms with Crippen LogP contribution in [0.25, 0.3) is 0 Å². The maximum absolute atomic E-state index is 11.6. The molecule has 0 spiro atoms. The van der Waals surface area contributed by atoms with Gasteiger partial charge in [0.05, 0.1) is 4.92 Å². The van der Waals surface area contributed by atoms with Gasteiger partial charge < -0.3 is 4.90 Å². The zero-order valence-corrected chi connectivity index (χ0v) is 8.92. The van der Waals surface area contributed by atoms with Gasteiger partial charge in [-0.1, -0.05) is 0 Å². The average Bonchev–Trinajstić information content (AvgIpc) is 2.59. The van der Waals surface area contributed by atoms with Crippen molar-refractivity contribution in [1.82, 2.24) is 0 Å². The summed E-state index contributed by atoms with van der Waals surface area (Å²) in [5, 5.41) is 10.5. The number of rotatable bonds is 2. The summed E-state index contributed by atoms with van der Waals surface area (Å²) in [6, 6.07) is 6.27. The second kappa shape index (κ2) is 3.92. The largest absolute Gasteiger partial charge is 0.310 e. The summed E-state index contributed by atoms with van der Waals surface area (Å²) >= 11 is 0. The molecule has 0 aliphatic carbocycles. The summed E-state index contributed by atoms with van der Waals surface area (Å²) in [7, 11) is 0. The Balaban J connectivity index is 2.27. The van der Waals surface area contributed by atoms with E-state index in [9.17, 15) is 14.9 Å². The molecular formula is C11H12N2O3. The normalized spacial score (nSPS) is 20.2. The molecule has 1 amide bonds. The van der Waals surface area contributed by atoms with Gasteiger partial charge in [-0.3, -0.25) is 14.9 Å². The number of hydrogen-bond acceptors (Lipinski definition) is 3. The lowest BCUT2D eigenvalue weighted by Crippen LogP contribution is -2.30. The molecule has 84 valence electrons. The smallest absolute Gasteiger partial charge is 0.269 e. The predicted molar refractivity (Wildman–Crippen MR) is 59.3 cm³/mol. The maximum Gasteiger partial charge on any atom is 0.269 e. The van der Waals surface area contributed by atoms with Gasteiger partial charge >= 0.3 is 0 Å². The first-order valence-corrected chi connectivity index (χ1v) is 5.16. The molecule has 0 aromatic heterocycles. The summed E-state index contributed by atoms with van der Waals surface area (Å²) < 4.78 is 0. The quantitative estimate of drug-likeness (QED) is 0.566. The molecule has 1 aromatic rings. The Bertz CT molecular complexity index is 427. The number of carbonyl (C=O) groups excluding carboxylic acids is 1. The van der Waals surface area contributed by atoms with Crippen molar-refractivity contribution in [1.29, 1.82) is 0 Å². The minimum Gasteiger partial charge on any atom is -0.310 e. The molecule has 1 saturated heterocycles. The van der Waals surface area contributed by atoms with E-state index >= 15 is 0 Å². The monoisotopic (exact) mass is 220 g/mol. The van der Waals surface area contributed by atoms with E-state index in [1.165, 1.54) is 12.1 Å². The molecule has 0 N–H and O–H groups in total. The summed E-state index contributed by atoms with van der Waals surface area (Å²) in [5.41, 5.74) is 0.781. The zero-order valence-electron chi connectivity index (χ0n) is 8.92. The molecule has 0 radical (unpaired) electrons. The van der Waals surface area contributed by atoms with Crippen LogP contribution in [0.4, 0.5) is 11.4 Å². The molecular weight excluding hydrogens is 208 g/mol. The van der Waals surface area contributed by atoms with E-state index in [4.69, 9.17) is 0 Å². The molecule has 1 aromatic carbocycles. The van der Waals surface area contributed by atoms with Gasteiger partial charge in [-0.05, 0) is 25.5 Å². The van der Waals surface area contributed by atoms with E-state index in [1.54, 1.807) is 17.0 Å². The SMILES string of the molecule is C[C@H]1CCC(=O)N1c1ccc([N+](=O)[O-])cc1. The highest BCUT2D eigenvalue weighted by Gasteiger charge is 2.28. The van der Waals surface area contributed by atoms with Gasteiger partial charge in [0.25, 0.3) is 5.69 Å². The summed E-state index contributed by atoms with van der Waals surface area (Å²) in [6.45, 7) is 1.98. The van der Waals surface area contributed by atoms with Crippen LogP contribution in [0.2, 0.25) is 0 Å². The minimum absolute atomic E-state index is 0.0445. The first-order chi connectivity index (χ1) is 7.59. The third-order valence-corrected chi connectivity index (χ3v) is 2.82. The molecule has 1 aliphatic heterocycles. The van der Waals surface area contributed by atoms with Crippen molar-refractivity contribution >= 4 is 17.3 Å². The summed E-state index contributed by atoms with van der Waals surface area (Å²) in [5.74, 6) is 0.0846. The third-order valence-electron chi connectivity index (χ3n) is 2.82. The zero-order chi connectivity index (χ0) is 11.7. The molecule has 0 bridgehead atoms. The molecule has 5 heteroatoms. The Hall–Kier alpha value is -1.91. The summed E-state index contributed by atoms with van der Waals surface area (Å²) in [4.78, 5) is 23.3. The fourth-order valence-corrected chi connectivity index (χ4v) is 1.96. The Morgan fingerprint density at radius 2 is 2.00 bits per heavy atom. The molecule has 1 aliphatic rings. The van der Waals surface area contributed by atoms with Crippen LogP contribution in [0, 0.1) is 10.1 Å². The standard InChI is InChI=1S/C11H12N2O3/c1-8-2-7-11(14)12(8)9-3-5-10(6-4-9)13(15)16/h3-6,8H,2,7H2,1H3/t8-/m0/s1. The molecule has 1 fully saturated rings. The van der Waals surface area contributed by atoms with Gasteiger partial charge in [0.2, 0.25) is 5.91 Å². The second-order valence-corrected chi connectivity index (χ2v) is 3.92. The minimum atomic E-state index is -0.445. The molecule has 0 unspecified atom stereocenters. The highest BCUT2D eigenvalue weighted by atomic mass is 16.6. The van der Waals surface area contributed by atoms with Crippen LogP contribution in [0.3, 0.4) is 0 Å². The number of carbonyl (C=O) groups is 1.